The Morgan fingerprint density at radius 3 is 2.76 bits per heavy atom. The number of aromatic amines is 1. The van der Waals surface area contributed by atoms with E-state index in [4.69, 9.17) is 0 Å². The lowest BCUT2D eigenvalue weighted by atomic mass is 10.0. The number of nitrogens with one attached hydrogen (secondary N) is 2. The molecule has 2 aromatic carbocycles. The highest BCUT2D eigenvalue weighted by atomic mass is 19.1. The number of benzene rings is 2. The van der Waals surface area contributed by atoms with E-state index in [-0.39, 0.29) is 11.6 Å². The van der Waals surface area contributed by atoms with Gasteiger partial charge in [-0.05, 0) is 54.4 Å². The molecule has 4 aromatic rings. The summed E-state index contributed by atoms with van der Waals surface area (Å²) in [5, 5.41) is 13.7. The molecule has 0 fully saturated rings. The van der Waals surface area contributed by atoms with Crippen molar-refractivity contribution < 1.29 is 9.50 Å². The zero-order valence-corrected chi connectivity index (χ0v) is 16.0. The van der Waals surface area contributed by atoms with Gasteiger partial charge in [0.2, 0.25) is 0 Å². The molecule has 0 spiro atoms. The molecule has 0 unspecified atom stereocenters. The number of rotatable bonds is 6. The first kappa shape index (κ1) is 18.7. The van der Waals surface area contributed by atoms with Crippen LogP contribution in [0.1, 0.15) is 11.3 Å². The van der Waals surface area contributed by atoms with Gasteiger partial charge in [-0.25, -0.2) is 14.4 Å². The lowest BCUT2D eigenvalue weighted by Crippen LogP contribution is -2.07. The van der Waals surface area contributed by atoms with Gasteiger partial charge in [0.15, 0.2) is 0 Å². The largest absolute Gasteiger partial charge is 0.507 e. The van der Waals surface area contributed by atoms with Crippen LogP contribution >= 0.6 is 0 Å². The maximum Gasteiger partial charge on any atom is 0.127 e. The van der Waals surface area contributed by atoms with Crippen molar-refractivity contribution in [2.75, 3.05) is 11.9 Å². The second-order valence-electron chi connectivity index (χ2n) is 6.91. The minimum atomic E-state index is -0.298. The first-order chi connectivity index (χ1) is 14.1. The third-order valence-corrected chi connectivity index (χ3v) is 4.67. The quantitative estimate of drug-likeness (QED) is 0.437. The molecule has 29 heavy (non-hydrogen) atoms. The highest BCUT2D eigenvalue weighted by Crippen LogP contribution is 2.33. The van der Waals surface area contributed by atoms with Gasteiger partial charge in [-0.3, -0.25) is 0 Å². The van der Waals surface area contributed by atoms with Gasteiger partial charge in [0.1, 0.15) is 17.4 Å². The van der Waals surface area contributed by atoms with Gasteiger partial charge < -0.3 is 15.4 Å². The van der Waals surface area contributed by atoms with Crippen LogP contribution < -0.4 is 5.32 Å². The maximum atomic E-state index is 13.8. The summed E-state index contributed by atoms with van der Waals surface area (Å²) < 4.78 is 13.8. The normalized spacial score (nSPS) is 10.8. The maximum absolute atomic E-state index is 13.8. The number of hydrogen-bond donors (Lipinski definition) is 3. The monoisotopic (exact) mass is 388 g/mol. The molecular weight excluding hydrogens is 367 g/mol. The van der Waals surface area contributed by atoms with E-state index in [1.807, 2.05) is 37.3 Å². The van der Waals surface area contributed by atoms with Crippen molar-refractivity contribution in [1.82, 2.24) is 15.0 Å². The molecule has 0 aliphatic carbocycles. The average molecular weight is 388 g/mol. The van der Waals surface area contributed by atoms with Gasteiger partial charge >= 0.3 is 0 Å². The summed E-state index contributed by atoms with van der Waals surface area (Å²) in [5.41, 5.74) is 4.87. The predicted octanol–water partition coefficient (Wildman–Crippen LogP) is 4.95. The summed E-state index contributed by atoms with van der Waals surface area (Å²) in [6, 6.07) is 15.6. The van der Waals surface area contributed by atoms with Crippen LogP contribution in [0, 0.1) is 12.7 Å². The SMILES string of the molecule is Cc1ccc(O)c(-c2cc(-c3cccc(F)c3)cc(NCCc3cnc[nH]3)n2)c1. The van der Waals surface area contributed by atoms with E-state index >= 15 is 0 Å². The molecule has 0 atom stereocenters. The predicted molar refractivity (Wildman–Crippen MR) is 112 cm³/mol. The third-order valence-electron chi connectivity index (χ3n) is 4.67. The molecule has 0 radical (unpaired) electrons. The molecule has 4 rings (SSSR count). The van der Waals surface area contributed by atoms with Crippen LogP contribution in [0.5, 0.6) is 5.75 Å². The molecule has 5 nitrogen and oxygen atoms in total. The van der Waals surface area contributed by atoms with Crippen LogP contribution in [-0.2, 0) is 6.42 Å². The van der Waals surface area contributed by atoms with Crippen molar-refractivity contribution in [3.63, 3.8) is 0 Å². The Bertz CT molecular complexity index is 1130. The molecule has 0 aliphatic rings. The number of halogens is 1. The number of hydrogen-bond acceptors (Lipinski definition) is 4. The van der Waals surface area contributed by atoms with Crippen molar-refractivity contribution in [3.8, 4) is 28.1 Å². The van der Waals surface area contributed by atoms with Gasteiger partial charge in [0, 0.05) is 30.4 Å². The second-order valence-corrected chi connectivity index (χ2v) is 6.91. The minimum absolute atomic E-state index is 0.155. The van der Waals surface area contributed by atoms with Gasteiger partial charge in [0.05, 0.1) is 12.0 Å². The molecule has 2 heterocycles. The molecule has 6 heteroatoms. The van der Waals surface area contributed by atoms with Crippen LogP contribution in [0.25, 0.3) is 22.4 Å². The van der Waals surface area contributed by atoms with Crippen molar-refractivity contribution in [3.05, 3.63) is 84.2 Å². The Hall–Kier alpha value is -3.67. The molecule has 0 saturated carbocycles. The zero-order valence-electron chi connectivity index (χ0n) is 16.0. The summed E-state index contributed by atoms with van der Waals surface area (Å²) in [6.07, 6.45) is 4.20. The van der Waals surface area contributed by atoms with Crippen molar-refractivity contribution in [1.29, 1.82) is 0 Å². The Kier molecular flexibility index (Phi) is 5.24. The average Bonchev–Trinajstić information content (AvgIpc) is 3.23. The first-order valence-corrected chi connectivity index (χ1v) is 9.37. The van der Waals surface area contributed by atoms with E-state index in [2.05, 4.69) is 20.3 Å². The van der Waals surface area contributed by atoms with Gasteiger partial charge in [-0.2, -0.15) is 0 Å². The Labute approximate surface area is 168 Å². The highest BCUT2D eigenvalue weighted by Gasteiger charge is 2.11. The highest BCUT2D eigenvalue weighted by molar-refractivity contribution is 5.76. The number of aromatic nitrogens is 3. The van der Waals surface area contributed by atoms with Gasteiger partial charge in [0.25, 0.3) is 0 Å². The Balaban J connectivity index is 1.71. The third kappa shape index (κ3) is 4.43. The second kappa shape index (κ2) is 8.14. The fourth-order valence-electron chi connectivity index (χ4n) is 3.20. The van der Waals surface area contributed by atoms with Crippen LogP contribution in [0.15, 0.2) is 67.1 Å². The first-order valence-electron chi connectivity index (χ1n) is 9.37. The summed E-state index contributed by atoms with van der Waals surface area (Å²) in [4.78, 5) is 11.8. The molecule has 0 aliphatic heterocycles. The minimum Gasteiger partial charge on any atom is -0.507 e. The number of aryl methyl sites for hydroxylation is 1. The number of aromatic hydroxyl groups is 1. The standard InChI is InChI=1S/C23H21FN4O/c1-15-5-6-22(29)20(9-15)21-11-17(16-3-2-4-18(24)10-16)12-23(28-21)26-8-7-19-13-25-14-27-19/h2-6,9-14,29H,7-8H2,1H3,(H,25,27)(H,26,28). The fraction of sp³-hybridized carbons (Fsp3) is 0.130. The van der Waals surface area contributed by atoms with E-state index in [1.165, 1.54) is 12.1 Å². The molecule has 146 valence electrons. The molecule has 3 N–H and O–H groups in total. The number of H-pyrrole nitrogens is 1. The molecular formula is C23H21FN4O. The number of nitrogens with zero attached hydrogens (tertiary/aromatic N) is 2. The van der Waals surface area contributed by atoms with Crippen LogP contribution in [0.2, 0.25) is 0 Å². The molecule has 2 aromatic heterocycles. The smallest absolute Gasteiger partial charge is 0.127 e. The van der Waals surface area contributed by atoms with E-state index in [0.29, 0.717) is 23.6 Å². The topological polar surface area (TPSA) is 73.8 Å². The Morgan fingerprint density at radius 1 is 1.07 bits per heavy atom. The number of phenols is 1. The lowest BCUT2D eigenvalue weighted by Gasteiger charge is -2.13. The number of anilines is 1. The van der Waals surface area contributed by atoms with Crippen molar-refractivity contribution in [2.45, 2.75) is 13.3 Å². The van der Waals surface area contributed by atoms with Crippen molar-refractivity contribution in [2.24, 2.45) is 0 Å². The molecule has 0 bridgehead atoms. The van der Waals surface area contributed by atoms with E-state index in [0.717, 1.165) is 28.8 Å². The van der Waals surface area contributed by atoms with E-state index < -0.39 is 0 Å². The van der Waals surface area contributed by atoms with E-state index in [9.17, 15) is 9.50 Å². The number of imidazole rings is 1. The number of phenolic OH excluding ortho intramolecular Hbond substituents is 1. The van der Waals surface area contributed by atoms with Gasteiger partial charge in [-0.1, -0.05) is 23.8 Å². The summed E-state index contributed by atoms with van der Waals surface area (Å²) >= 11 is 0. The summed E-state index contributed by atoms with van der Waals surface area (Å²) in [7, 11) is 0. The van der Waals surface area contributed by atoms with E-state index in [1.54, 1.807) is 24.7 Å². The molecule has 0 amide bonds. The summed E-state index contributed by atoms with van der Waals surface area (Å²) in [6.45, 7) is 2.62. The Morgan fingerprint density at radius 2 is 1.97 bits per heavy atom. The zero-order chi connectivity index (χ0) is 20.2. The van der Waals surface area contributed by atoms with Crippen LogP contribution in [-0.4, -0.2) is 26.6 Å². The lowest BCUT2D eigenvalue weighted by molar-refractivity contribution is 0.477. The summed E-state index contributed by atoms with van der Waals surface area (Å²) in [5.74, 6) is 0.512. The number of pyridine rings is 1. The van der Waals surface area contributed by atoms with Crippen LogP contribution in [0.3, 0.4) is 0 Å². The fourth-order valence-corrected chi connectivity index (χ4v) is 3.20. The molecule has 0 saturated heterocycles. The van der Waals surface area contributed by atoms with Crippen LogP contribution in [0.4, 0.5) is 10.2 Å². The van der Waals surface area contributed by atoms with Gasteiger partial charge in [-0.15, -0.1) is 0 Å². The van der Waals surface area contributed by atoms with Crippen molar-refractivity contribution >= 4 is 5.82 Å².